The van der Waals surface area contributed by atoms with Gasteiger partial charge in [-0.25, -0.2) is 0 Å². The van der Waals surface area contributed by atoms with Crippen LogP contribution in [0.2, 0.25) is 0 Å². The van der Waals surface area contributed by atoms with Gasteiger partial charge in [-0.2, -0.15) is 13.2 Å². The molecule has 0 amide bonds. The molecule has 1 aromatic carbocycles. The molecule has 0 bridgehead atoms. The monoisotopic (exact) mass is 286 g/mol. The highest BCUT2D eigenvalue weighted by Gasteiger charge is 2.36. The molecule has 1 saturated carbocycles. The van der Waals surface area contributed by atoms with Gasteiger partial charge in [0.25, 0.3) is 0 Å². The summed E-state index contributed by atoms with van der Waals surface area (Å²) in [5.74, 6) is 0.113. The lowest BCUT2D eigenvalue weighted by Gasteiger charge is -2.15. The van der Waals surface area contributed by atoms with E-state index in [9.17, 15) is 18.0 Å². The molecule has 1 fully saturated rings. The molecule has 110 valence electrons. The standard InChI is InChI=1S/C15H17F3O2/c1-2-20-14(11-6-7-11)13(19)9-10-4-3-5-12(8-10)15(16,17)18/h3-5,8,11,14H,2,6-7,9H2,1H3. The van der Waals surface area contributed by atoms with Gasteiger partial charge in [0.2, 0.25) is 0 Å². The van der Waals surface area contributed by atoms with Gasteiger partial charge < -0.3 is 4.74 Å². The third kappa shape index (κ3) is 3.82. The summed E-state index contributed by atoms with van der Waals surface area (Å²) >= 11 is 0. The summed E-state index contributed by atoms with van der Waals surface area (Å²) in [6.07, 6.45) is -2.94. The van der Waals surface area contributed by atoms with Crippen LogP contribution in [0, 0.1) is 5.92 Å². The highest BCUT2D eigenvalue weighted by molar-refractivity contribution is 5.85. The van der Waals surface area contributed by atoms with Gasteiger partial charge in [-0.3, -0.25) is 4.79 Å². The second kappa shape index (κ2) is 5.95. The van der Waals surface area contributed by atoms with Crippen molar-refractivity contribution in [3.8, 4) is 0 Å². The normalized spacial score (nSPS) is 17.0. The third-order valence-corrected chi connectivity index (χ3v) is 3.35. The Morgan fingerprint density at radius 3 is 2.65 bits per heavy atom. The molecule has 0 spiro atoms. The molecular formula is C15H17F3O2. The van der Waals surface area contributed by atoms with Crippen LogP contribution in [0.3, 0.4) is 0 Å². The molecule has 0 N–H and O–H groups in total. The van der Waals surface area contributed by atoms with Gasteiger partial charge in [0.1, 0.15) is 6.10 Å². The Kier molecular flexibility index (Phi) is 4.48. The van der Waals surface area contributed by atoms with Crippen molar-refractivity contribution in [2.75, 3.05) is 6.61 Å². The van der Waals surface area contributed by atoms with Crippen molar-refractivity contribution in [2.45, 2.75) is 38.5 Å². The van der Waals surface area contributed by atoms with Crippen LogP contribution in [0.25, 0.3) is 0 Å². The molecule has 1 unspecified atom stereocenters. The molecule has 0 radical (unpaired) electrons. The van der Waals surface area contributed by atoms with Gasteiger partial charge in [0.15, 0.2) is 5.78 Å². The van der Waals surface area contributed by atoms with Crippen LogP contribution in [0.4, 0.5) is 13.2 Å². The van der Waals surface area contributed by atoms with E-state index in [1.165, 1.54) is 6.07 Å². The number of ether oxygens (including phenoxy) is 1. The Balaban J connectivity index is 2.07. The predicted molar refractivity (Wildman–Crippen MR) is 68.3 cm³/mol. The molecule has 0 aliphatic heterocycles. The number of Topliss-reactive ketones (excluding diaryl/α,β-unsaturated/α-hetero) is 1. The Morgan fingerprint density at radius 2 is 2.10 bits per heavy atom. The van der Waals surface area contributed by atoms with E-state index in [4.69, 9.17) is 4.74 Å². The van der Waals surface area contributed by atoms with Crippen LogP contribution < -0.4 is 0 Å². The first-order chi connectivity index (χ1) is 9.41. The summed E-state index contributed by atoms with van der Waals surface area (Å²) in [6.45, 7) is 2.25. The van der Waals surface area contributed by atoms with Crippen LogP contribution >= 0.6 is 0 Å². The van der Waals surface area contributed by atoms with Crippen LogP contribution in [0.1, 0.15) is 30.9 Å². The number of carbonyl (C=O) groups is 1. The minimum absolute atomic E-state index is 0.00884. The van der Waals surface area contributed by atoms with E-state index >= 15 is 0 Å². The molecule has 1 aliphatic carbocycles. The van der Waals surface area contributed by atoms with E-state index in [1.54, 1.807) is 6.07 Å². The minimum Gasteiger partial charge on any atom is -0.370 e. The fourth-order valence-corrected chi connectivity index (χ4v) is 2.23. The first-order valence-corrected chi connectivity index (χ1v) is 6.72. The van der Waals surface area contributed by atoms with Gasteiger partial charge in [-0.15, -0.1) is 0 Å². The van der Waals surface area contributed by atoms with Crippen molar-refractivity contribution in [2.24, 2.45) is 5.92 Å². The Bertz CT molecular complexity index is 478. The van der Waals surface area contributed by atoms with Crippen molar-refractivity contribution in [3.63, 3.8) is 0 Å². The van der Waals surface area contributed by atoms with Crippen molar-refractivity contribution in [1.82, 2.24) is 0 Å². The number of hydrogen-bond acceptors (Lipinski definition) is 2. The molecule has 0 heterocycles. The van der Waals surface area contributed by atoms with E-state index in [-0.39, 0.29) is 18.1 Å². The number of ketones is 1. The largest absolute Gasteiger partial charge is 0.416 e. The van der Waals surface area contributed by atoms with Crippen LogP contribution in [0.15, 0.2) is 24.3 Å². The number of rotatable bonds is 6. The van der Waals surface area contributed by atoms with E-state index in [0.29, 0.717) is 12.2 Å². The molecule has 20 heavy (non-hydrogen) atoms. The summed E-state index contributed by atoms with van der Waals surface area (Å²) in [5.41, 5.74) is -0.336. The fraction of sp³-hybridized carbons (Fsp3) is 0.533. The second-order valence-electron chi connectivity index (χ2n) is 5.05. The summed E-state index contributed by atoms with van der Waals surface area (Å²) in [5, 5.41) is 0. The number of alkyl halides is 3. The molecule has 2 rings (SSSR count). The zero-order valence-corrected chi connectivity index (χ0v) is 11.2. The van der Waals surface area contributed by atoms with Gasteiger partial charge in [0.05, 0.1) is 5.56 Å². The van der Waals surface area contributed by atoms with Crippen molar-refractivity contribution in [3.05, 3.63) is 35.4 Å². The molecule has 1 aromatic rings. The van der Waals surface area contributed by atoms with Crippen LogP contribution in [-0.2, 0) is 22.1 Å². The van der Waals surface area contributed by atoms with Gasteiger partial charge in [-0.05, 0) is 37.3 Å². The van der Waals surface area contributed by atoms with E-state index < -0.39 is 17.8 Å². The van der Waals surface area contributed by atoms with Crippen molar-refractivity contribution < 1.29 is 22.7 Å². The first kappa shape index (κ1) is 15.0. The van der Waals surface area contributed by atoms with Gasteiger partial charge in [-0.1, -0.05) is 18.2 Å². The lowest BCUT2D eigenvalue weighted by molar-refractivity contribution is -0.138. The van der Waals surface area contributed by atoms with Crippen molar-refractivity contribution in [1.29, 1.82) is 0 Å². The highest BCUT2D eigenvalue weighted by atomic mass is 19.4. The second-order valence-corrected chi connectivity index (χ2v) is 5.05. The average molecular weight is 286 g/mol. The Morgan fingerprint density at radius 1 is 1.40 bits per heavy atom. The number of hydrogen-bond donors (Lipinski definition) is 0. The topological polar surface area (TPSA) is 26.3 Å². The quantitative estimate of drug-likeness (QED) is 0.798. The van der Waals surface area contributed by atoms with Crippen LogP contribution in [-0.4, -0.2) is 18.5 Å². The average Bonchev–Trinajstić information content (AvgIpc) is 3.19. The zero-order valence-electron chi connectivity index (χ0n) is 11.2. The van der Waals surface area contributed by atoms with Crippen molar-refractivity contribution >= 4 is 5.78 Å². The fourth-order valence-electron chi connectivity index (χ4n) is 2.23. The molecular weight excluding hydrogens is 269 g/mol. The SMILES string of the molecule is CCOC(C(=O)Cc1cccc(C(F)(F)F)c1)C1CC1. The molecule has 0 aromatic heterocycles. The molecule has 2 nitrogen and oxygen atoms in total. The number of halogens is 3. The predicted octanol–water partition coefficient (Wildman–Crippen LogP) is 3.63. The molecule has 1 aliphatic rings. The van der Waals surface area contributed by atoms with Gasteiger partial charge in [0, 0.05) is 13.0 Å². The zero-order chi connectivity index (χ0) is 14.8. The van der Waals surface area contributed by atoms with Gasteiger partial charge >= 0.3 is 6.18 Å². The number of benzene rings is 1. The smallest absolute Gasteiger partial charge is 0.370 e. The molecule has 0 saturated heterocycles. The summed E-state index contributed by atoms with van der Waals surface area (Å²) in [4.78, 5) is 12.1. The first-order valence-electron chi connectivity index (χ1n) is 6.72. The highest BCUT2D eigenvalue weighted by Crippen LogP contribution is 2.35. The lowest BCUT2D eigenvalue weighted by Crippen LogP contribution is -2.28. The summed E-state index contributed by atoms with van der Waals surface area (Å²) in [6, 6.07) is 4.92. The molecule has 5 heteroatoms. The van der Waals surface area contributed by atoms with Crippen LogP contribution in [0.5, 0.6) is 0 Å². The maximum atomic E-state index is 12.6. The third-order valence-electron chi connectivity index (χ3n) is 3.35. The van der Waals surface area contributed by atoms with E-state index in [1.807, 2.05) is 6.92 Å². The molecule has 1 atom stereocenters. The van der Waals surface area contributed by atoms with E-state index in [2.05, 4.69) is 0 Å². The summed E-state index contributed by atoms with van der Waals surface area (Å²) in [7, 11) is 0. The number of carbonyl (C=O) groups excluding carboxylic acids is 1. The Labute approximate surface area is 115 Å². The Hall–Kier alpha value is -1.36. The summed E-state index contributed by atoms with van der Waals surface area (Å²) < 4.78 is 43.3. The minimum atomic E-state index is -4.38. The lowest BCUT2D eigenvalue weighted by atomic mass is 10.0. The van der Waals surface area contributed by atoms with E-state index in [0.717, 1.165) is 25.0 Å². The maximum Gasteiger partial charge on any atom is 0.416 e. The maximum absolute atomic E-state index is 12.6.